The van der Waals surface area contributed by atoms with Crippen molar-refractivity contribution in [2.75, 3.05) is 19.8 Å². The summed E-state index contributed by atoms with van der Waals surface area (Å²) >= 11 is 0. The molecule has 0 aromatic carbocycles. The minimum Gasteiger partial charge on any atom is -0.465 e. The first-order valence-corrected chi connectivity index (χ1v) is 7.04. The van der Waals surface area contributed by atoms with Gasteiger partial charge in [0, 0.05) is 6.61 Å². The van der Waals surface area contributed by atoms with E-state index in [2.05, 4.69) is 0 Å². The molecule has 0 aliphatic carbocycles. The molecule has 0 aromatic rings. The lowest BCUT2D eigenvalue weighted by molar-refractivity contribution is -0.173. The summed E-state index contributed by atoms with van der Waals surface area (Å²) in [5.74, 6) is -1.01. The van der Waals surface area contributed by atoms with Crippen molar-refractivity contribution in [3.05, 3.63) is 0 Å². The lowest BCUT2D eigenvalue weighted by atomic mass is 9.78. The van der Waals surface area contributed by atoms with Crippen LogP contribution in [-0.4, -0.2) is 36.9 Å². The van der Waals surface area contributed by atoms with Gasteiger partial charge in [0.1, 0.15) is 0 Å². The number of hydrogen-bond acceptors (Lipinski definition) is 5. The monoisotopic (exact) mass is 274 g/mol. The summed E-state index contributed by atoms with van der Waals surface area (Å²) in [7, 11) is 0. The molecule has 0 fully saturated rings. The minimum absolute atomic E-state index is 0.0495. The molecular formula is C14H26O5. The number of unbranched alkanes of at least 4 members (excludes halogenated alkanes) is 1. The van der Waals surface area contributed by atoms with Crippen LogP contribution in [0, 0.1) is 5.41 Å². The van der Waals surface area contributed by atoms with Crippen LogP contribution in [0.2, 0.25) is 0 Å². The van der Waals surface area contributed by atoms with Crippen LogP contribution in [0.5, 0.6) is 0 Å². The van der Waals surface area contributed by atoms with E-state index in [1.54, 1.807) is 13.8 Å². The zero-order valence-corrected chi connectivity index (χ0v) is 12.2. The van der Waals surface area contributed by atoms with E-state index in [1.807, 2.05) is 6.92 Å². The van der Waals surface area contributed by atoms with E-state index < -0.39 is 17.4 Å². The van der Waals surface area contributed by atoms with E-state index in [1.165, 1.54) is 0 Å². The Bertz CT molecular complexity index is 257. The highest BCUT2D eigenvalue weighted by molar-refractivity contribution is 6.00. The summed E-state index contributed by atoms with van der Waals surface area (Å²) in [6.45, 7) is 5.88. The van der Waals surface area contributed by atoms with Gasteiger partial charge in [-0.1, -0.05) is 13.3 Å². The fraction of sp³-hybridized carbons (Fsp3) is 0.857. The SMILES string of the molecule is CCCC(CCCCO)(C(=O)OCC)C(=O)OCC. The molecule has 0 heterocycles. The van der Waals surface area contributed by atoms with E-state index >= 15 is 0 Å². The molecule has 0 saturated heterocycles. The predicted octanol–water partition coefficient (Wildman–Crippen LogP) is 2.06. The van der Waals surface area contributed by atoms with Crippen molar-refractivity contribution in [3.63, 3.8) is 0 Å². The van der Waals surface area contributed by atoms with Crippen molar-refractivity contribution in [1.29, 1.82) is 0 Å². The van der Waals surface area contributed by atoms with E-state index in [-0.39, 0.29) is 19.8 Å². The maximum absolute atomic E-state index is 12.2. The Labute approximate surface area is 115 Å². The summed E-state index contributed by atoms with van der Waals surface area (Å²) in [5.41, 5.74) is -1.21. The molecule has 0 unspecified atom stereocenters. The average Bonchev–Trinajstić information content (AvgIpc) is 2.38. The number of carbonyl (C=O) groups excluding carboxylic acids is 2. The average molecular weight is 274 g/mol. The number of esters is 2. The molecule has 0 saturated carbocycles. The third kappa shape index (κ3) is 5.19. The highest BCUT2D eigenvalue weighted by Crippen LogP contribution is 2.34. The van der Waals surface area contributed by atoms with E-state index in [0.29, 0.717) is 32.1 Å². The second kappa shape index (κ2) is 9.78. The molecule has 5 heteroatoms. The van der Waals surface area contributed by atoms with Crippen LogP contribution in [-0.2, 0) is 19.1 Å². The lowest BCUT2D eigenvalue weighted by Crippen LogP contribution is -2.42. The lowest BCUT2D eigenvalue weighted by Gasteiger charge is -2.28. The van der Waals surface area contributed by atoms with Gasteiger partial charge in [0.05, 0.1) is 13.2 Å². The Balaban J connectivity index is 5.08. The zero-order chi connectivity index (χ0) is 14.7. The number of hydrogen-bond donors (Lipinski definition) is 1. The molecule has 0 aliphatic heterocycles. The molecule has 0 amide bonds. The molecule has 0 rings (SSSR count). The maximum atomic E-state index is 12.2. The minimum atomic E-state index is -1.21. The van der Waals surface area contributed by atoms with Crippen molar-refractivity contribution < 1.29 is 24.2 Å². The Kier molecular flexibility index (Phi) is 9.21. The highest BCUT2D eigenvalue weighted by Gasteiger charge is 2.47. The third-order valence-electron chi connectivity index (χ3n) is 3.02. The second-order valence-electron chi connectivity index (χ2n) is 4.45. The van der Waals surface area contributed by atoms with Crippen LogP contribution < -0.4 is 0 Å². The number of aliphatic hydroxyl groups is 1. The normalized spacial score (nSPS) is 11.2. The van der Waals surface area contributed by atoms with Crippen LogP contribution in [0.15, 0.2) is 0 Å². The van der Waals surface area contributed by atoms with Gasteiger partial charge in [0.25, 0.3) is 0 Å². The Morgan fingerprint density at radius 3 is 1.84 bits per heavy atom. The van der Waals surface area contributed by atoms with Gasteiger partial charge in [-0.25, -0.2) is 0 Å². The number of ether oxygens (including phenoxy) is 2. The van der Waals surface area contributed by atoms with E-state index in [0.717, 1.165) is 0 Å². The largest absolute Gasteiger partial charge is 0.465 e. The summed E-state index contributed by atoms with van der Waals surface area (Å²) in [6.07, 6.45) is 2.62. The van der Waals surface area contributed by atoms with Crippen molar-refractivity contribution in [3.8, 4) is 0 Å². The molecule has 0 aliphatic rings. The zero-order valence-electron chi connectivity index (χ0n) is 12.2. The molecule has 0 bridgehead atoms. The Hall–Kier alpha value is -1.10. The van der Waals surface area contributed by atoms with E-state index in [9.17, 15) is 9.59 Å². The molecule has 112 valence electrons. The first kappa shape index (κ1) is 17.9. The van der Waals surface area contributed by atoms with Gasteiger partial charge < -0.3 is 14.6 Å². The summed E-state index contributed by atoms with van der Waals surface area (Å²) in [5, 5.41) is 8.84. The van der Waals surface area contributed by atoms with Crippen molar-refractivity contribution in [2.24, 2.45) is 5.41 Å². The van der Waals surface area contributed by atoms with E-state index in [4.69, 9.17) is 14.6 Å². The second-order valence-corrected chi connectivity index (χ2v) is 4.45. The van der Waals surface area contributed by atoms with Crippen molar-refractivity contribution in [1.82, 2.24) is 0 Å². The van der Waals surface area contributed by atoms with Crippen LogP contribution >= 0.6 is 0 Å². The fourth-order valence-corrected chi connectivity index (χ4v) is 2.12. The fourth-order valence-electron chi connectivity index (χ4n) is 2.12. The van der Waals surface area contributed by atoms with Gasteiger partial charge >= 0.3 is 11.9 Å². The van der Waals surface area contributed by atoms with Gasteiger partial charge in [-0.3, -0.25) is 9.59 Å². The molecule has 19 heavy (non-hydrogen) atoms. The smallest absolute Gasteiger partial charge is 0.323 e. The Morgan fingerprint density at radius 1 is 0.947 bits per heavy atom. The number of carbonyl (C=O) groups is 2. The Morgan fingerprint density at radius 2 is 1.47 bits per heavy atom. The van der Waals surface area contributed by atoms with Crippen molar-refractivity contribution >= 4 is 11.9 Å². The standard InChI is InChI=1S/C14H26O5/c1-4-9-14(10-7-8-11-15,12(16)18-5-2)13(17)19-6-3/h15H,4-11H2,1-3H3. The molecule has 0 atom stereocenters. The topological polar surface area (TPSA) is 72.8 Å². The molecule has 5 nitrogen and oxygen atoms in total. The summed E-state index contributed by atoms with van der Waals surface area (Å²) in [4.78, 5) is 24.4. The van der Waals surface area contributed by atoms with Gasteiger partial charge in [0.15, 0.2) is 5.41 Å². The molecule has 0 aromatic heterocycles. The van der Waals surface area contributed by atoms with Gasteiger partial charge in [-0.15, -0.1) is 0 Å². The predicted molar refractivity (Wildman–Crippen MR) is 71.5 cm³/mol. The molecule has 0 radical (unpaired) electrons. The van der Waals surface area contributed by atoms with Crippen LogP contribution in [0.1, 0.15) is 52.9 Å². The highest BCUT2D eigenvalue weighted by atomic mass is 16.6. The number of aliphatic hydroxyl groups excluding tert-OH is 1. The quantitative estimate of drug-likeness (QED) is 0.375. The summed E-state index contributed by atoms with van der Waals surface area (Å²) in [6, 6.07) is 0. The molecule has 1 N–H and O–H groups in total. The van der Waals surface area contributed by atoms with Gasteiger partial charge in [0.2, 0.25) is 0 Å². The van der Waals surface area contributed by atoms with Crippen LogP contribution in [0.25, 0.3) is 0 Å². The van der Waals surface area contributed by atoms with Gasteiger partial charge in [-0.2, -0.15) is 0 Å². The van der Waals surface area contributed by atoms with Gasteiger partial charge in [-0.05, 0) is 39.5 Å². The van der Waals surface area contributed by atoms with Crippen molar-refractivity contribution in [2.45, 2.75) is 52.9 Å². The molecular weight excluding hydrogens is 248 g/mol. The maximum Gasteiger partial charge on any atom is 0.323 e. The first-order chi connectivity index (χ1) is 9.08. The first-order valence-electron chi connectivity index (χ1n) is 7.04. The third-order valence-corrected chi connectivity index (χ3v) is 3.02. The summed E-state index contributed by atoms with van der Waals surface area (Å²) < 4.78 is 10.1. The van der Waals surface area contributed by atoms with Crippen LogP contribution in [0.3, 0.4) is 0 Å². The molecule has 0 spiro atoms. The number of rotatable bonds is 10. The van der Waals surface area contributed by atoms with Crippen LogP contribution in [0.4, 0.5) is 0 Å².